The van der Waals surface area contributed by atoms with Gasteiger partial charge in [-0.3, -0.25) is 0 Å². The first-order valence-electron chi connectivity index (χ1n) is 9.23. The first kappa shape index (κ1) is 24.7. The molecule has 0 heterocycles. The van der Waals surface area contributed by atoms with Crippen LogP contribution < -0.4 is 0 Å². The van der Waals surface area contributed by atoms with Crippen LogP contribution in [0.5, 0.6) is 0 Å². The molecule has 0 radical (unpaired) electrons. The van der Waals surface area contributed by atoms with Crippen LogP contribution in [-0.4, -0.2) is 23.7 Å². The average molecular weight is 341 g/mol. The highest BCUT2D eigenvalue weighted by Crippen LogP contribution is 2.11. The zero-order valence-electron chi connectivity index (χ0n) is 15.4. The highest BCUT2D eigenvalue weighted by atomic mass is 16.5. The lowest BCUT2D eigenvalue weighted by Crippen LogP contribution is -2.01. The normalized spacial score (nSPS) is 9.54. The largest absolute Gasteiger partial charge is 0.478 e. The molecule has 1 N–H and O–H groups in total. The lowest BCUT2D eigenvalue weighted by atomic mass is 10.1. The Balaban J connectivity index is 0. The molecule has 0 bridgehead atoms. The minimum atomic E-state index is -0.981. The lowest BCUT2D eigenvalue weighted by Gasteiger charge is -2.03. The Hall–Kier alpha value is -1.58. The third-order valence-electron chi connectivity index (χ3n) is 3.58. The van der Waals surface area contributed by atoms with Crippen LogP contribution in [0.15, 0.2) is 25.3 Å². The van der Waals surface area contributed by atoms with E-state index in [2.05, 4.69) is 20.1 Å². The molecule has 0 amide bonds. The maximum absolute atomic E-state index is 10.8. The molecule has 0 unspecified atom stereocenters. The Labute approximate surface area is 148 Å². The van der Waals surface area contributed by atoms with Crippen molar-refractivity contribution in [3.8, 4) is 0 Å². The summed E-state index contributed by atoms with van der Waals surface area (Å²) in [5, 5.41) is 7.60. The Morgan fingerprint density at radius 1 is 0.792 bits per heavy atom. The number of unbranched alkanes of at least 4 members (excludes halogenated alkanes) is 11. The molecule has 0 aromatic heterocycles. The molecule has 0 saturated carbocycles. The second-order valence-electron chi connectivity index (χ2n) is 5.80. The van der Waals surface area contributed by atoms with Crippen molar-refractivity contribution >= 4 is 11.9 Å². The molecule has 0 aliphatic carbocycles. The van der Waals surface area contributed by atoms with Crippen molar-refractivity contribution in [3.05, 3.63) is 25.3 Å². The van der Waals surface area contributed by atoms with Crippen molar-refractivity contribution in [2.24, 2.45) is 0 Å². The number of carbonyl (C=O) groups is 2. The van der Waals surface area contributed by atoms with E-state index in [1.165, 1.54) is 76.7 Å². The Morgan fingerprint density at radius 3 is 1.50 bits per heavy atom. The van der Waals surface area contributed by atoms with Crippen molar-refractivity contribution in [2.45, 2.75) is 84.0 Å². The number of carboxylic acids is 1. The van der Waals surface area contributed by atoms with E-state index in [0.717, 1.165) is 12.5 Å². The molecule has 0 aliphatic heterocycles. The van der Waals surface area contributed by atoms with E-state index in [-0.39, 0.29) is 5.97 Å². The Bertz CT molecular complexity index is 324. The Kier molecular flexibility index (Phi) is 22.0. The number of hydrogen-bond donors (Lipinski definition) is 1. The molecule has 0 fully saturated rings. The zero-order valence-corrected chi connectivity index (χ0v) is 15.4. The minimum Gasteiger partial charge on any atom is -0.478 e. The van der Waals surface area contributed by atoms with Crippen LogP contribution in [0.1, 0.15) is 84.0 Å². The molecule has 140 valence electrons. The molecular formula is C20H36O4. The van der Waals surface area contributed by atoms with Gasteiger partial charge in [-0.05, 0) is 6.42 Å². The molecule has 0 aromatic carbocycles. The van der Waals surface area contributed by atoms with Crippen LogP contribution in [0.4, 0.5) is 0 Å². The number of carbonyl (C=O) groups excluding carboxylic acids is 1. The zero-order chi connectivity index (χ0) is 18.5. The fourth-order valence-corrected chi connectivity index (χ4v) is 2.17. The topological polar surface area (TPSA) is 63.6 Å². The molecule has 0 atom stereocenters. The first-order chi connectivity index (χ1) is 11.6. The van der Waals surface area contributed by atoms with Crippen molar-refractivity contribution in [1.82, 2.24) is 0 Å². The summed E-state index contributed by atoms with van der Waals surface area (Å²) in [5.41, 5.74) is 0. The molecule has 4 heteroatoms. The average Bonchev–Trinajstić information content (AvgIpc) is 2.59. The minimum absolute atomic E-state index is 0.303. The predicted octanol–water partition coefficient (Wildman–Crippen LogP) is 5.67. The third kappa shape index (κ3) is 25.4. The summed E-state index contributed by atoms with van der Waals surface area (Å²) in [6, 6.07) is 0. The van der Waals surface area contributed by atoms with Gasteiger partial charge in [-0.1, -0.05) is 90.7 Å². The summed E-state index contributed by atoms with van der Waals surface area (Å²) in [7, 11) is 0. The van der Waals surface area contributed by atoms with E-state index in [0.29, 0.717) is 6.61 Å². The van der Waals surface area contributed by atoms with Crippen molar-refractivity contribution in [1.29, 1.82) is 0 Å². The summed E-state index contributed by atoms with van der Waals surface area (Å²) in [6.45, 7) is 9.13. The van der Waals surface area contributed by atoms with E-state index in [1.54, 1.807) is 0 Å². The molecule has 0 saturated heterocycles. The summed E-state index contributed by atoms with van der Waals surface area (Å²) in [5.74, 6) is -1.28. The fraction of sp³-hybridized carbons (Fsp3) is 0.700. The maximum atomic E-state index is 10.8. The van der Waals surface area contributed by atoms with Crippen LogP contribution in [0.3, 0.4) is 0 Å². The second kappa shape index (κ2) is 21.4. The van der Waals surface area contributed by atoms with Gasteiger partial charge in [0.25, 0.3) is 0 Å². The molecule has 0 rings (SSSR count). The summed E-state index contributed by atoms with van der Waals surface area (Å²) < 4.78 is 4.93. The fourth-order valence-electron chi connectivity index (χ4n) is 2.17. The van der Waals surface area contributed by atoms with Crippen LogP contribution >= 0.6 is 0 Å². The number of esters is 1. The van der Waals surface area contributed by atoms with Gasteiger partial charge in [0, 0.05) is 12.2 Å². The van der Waals surface area contributed by atoms with Gasteiger partial charge in [0.1, 0.15) is 0 Å². The van der Waals surface area contributed by atoms with Crippen LogP contribution in [0, 0.1) is 0 Å². The van der Waals surface area contributed by atoms with Gasteiger partial charge in [-0.25, -0.2) is 9.59 Å². The van der Waals surface area contributed by atoms with Gasteiger partial charge in [0.15, 0.2) is 0 Å². The second-order valence-corrected chi connectivity index (χ2v) is 5.80. The van der Waals surface area contributed by atoms with Gasteiger partial charge >= 0.3 is 11.9 Å². The monoisotopic (exact) mass is 340 g/mol. The van der Waals surface area contributed by atoms with Crippen molar-refractivity contribution < 1.29 is 19.4 Å². The first-order valence-corrected chi connectivity index (χ1v) is 9.23. The van der Waals surface area contributed by atoms with Crippen LogP contribution in [-0.2, 0) is 14.3 Å². The number of hydrogen-bond acceptors (Lipinski definition) is 3. The lowest BCUT2D eigenvalue weighted by molar-refractivity contribution is -0.138. The van der Waals surface area contributed by atoms with E-state index >= 15 is 0 Å². The SMILES string of the molecule is C=CC(=O)O.C=CC(=O)OCCCCCCCCCCCCCC. The third-order valence-corrected chi connectivity index (χ3v) is 3.58. The quantitative estimate of drug-likeness (QED) is 0.237. The van der Waals surface area contributed by atoms with E-state index in [1.807, 2.05) is 0 Å². The van der Waals surface area contributed by atoms with E-state index in [9.17, 15) is 9.59 Å². The standard InChI is InChI=1S/C17H32O2.C3H4O2/c1-3-5-6-7-8-9-10-11-12-13-14-15-16-19-17(18)4-2;1-2-3(4)5/h4H,2-3,5-16H2,1H3;2H,1H2,(H,4,5). The van der Waals surface area contributed by atoms with Crippen molar-refractivity contribution in [2.75, 3.05) is 6.61 Å². The smallest absolute Gasteiger partial charge is 0.330 e. The summed E-state index contributed by atoms with van der Waals surface area (Å²) >= 11 is 0. The summed E-state index contributed by atoms with van der Waals surface area (Å²) in [6.07, 6.45) is 17.9. The summed E-state index contributed by atoms with van der Waals surface area (Å²) in [4.78, 5) is 20.0. The molecule has 0 aromatic rings. The molecule has 0 spiro atoms. The van der Waals surface area contributed by atoms with E-state index < -0.39 is 5.97 Å². The maximum Gasteiger partial charge on any atom is 0.330 e. The molecule has 24 heavy (non-hydrogen) atoms. The molecular weight excluding hydrogens is 304 g/mol. The van der Waals surface area contributed by atoms with Gasteiger partial charge < -0.3 is 9.84 Å². The highest BCUT2D eigenvalue weighted by molar-refractivity contribution is 5.81. The molecule has 4 nitrogen and oxygen atoms in total. The van der Waals surface area contributed by atoms with E-state index in [4.69, 9.17) is 9.84 Å². The van der Waals surface area contributed by atoms with Gasteiger partial charge in [0.2, 0.25) is 0 Å². The van der Waals surface area contributed by atoms with Gasteiger partial charge in [-0.2, -0.15) is 0 Å². The van der Waals surface area contributed by atoms with Gasteiger partial charge in [-0.15, -0.1) is 0 Å². The number of rotatable bonds is 15. The van der Waals surface area contributed by atoms with Crippen LogP contribution in [0.25, 0.3) is 0 Å². The predicted molar refractivity (Wildman–Crippen MR) is 100 cm³/mol. The Morgan fingerprint density at radius 2 is 1.17 bits per heavy atom. The number of carboxylic acid groups (broad SMARTS) is 1. The van der Waals surface area contributed by atoms with Crippen LogP contribution in [0.2, 0.25) is 0 Å². The number of aliphatic carboxylic acids is 1. The number of ether oxygens (including phenoxy) is 1. The molecule has 0 aliphatic rings. The van der Waals surface area contributed by atoms with Crippen molar-refractivity contribution in [3.63, 3.8) is 0 Å². The highest BCUT2D eigenvalue weighted by Gasteiger charge is 1.96. The van der Waals surface area contributed by atoms with Gasteiger partial charge in [0.05, 0.1) is 6.61 Å².